The second kappa shape index (κ2) is 5.91. The highest BCUT2D eigenvalue weighted by atomic mass is 16.4. The third-order valence-corrected chi connectivity index (χ3v) is 3.83. The molecule has 1 heterocycles. The van der Waals surface area contributed by atoms with Gasteiger partial charge in [-0.1, -0.05) is 24.4 Å². The minimum Gasteiger partial charge on any atom is -0.409 e. The molecule has 0 aromatic carbocycles. The Bertz CT molecular complexity index is 467. The van der Waals surface area contributed by atoms with Crippen LogP contribution in [-0.4, -0.2) is 29.1 Å². The van der Waals surface area contributed by atoms with E-state index in [0.717, 1.165) is 11.5 Å². The number of anilines is 1. The number of amidine groups is 1. The van der Waals surface area contributed by atoms with Gasteiger partial charge in [0.1, 0.15) is 5.82 Å². The Balaban J connectivity index is 2.25. The van der Waals surface area contributed by atoms with E-state index in [4.69, 9.17) is 10.9 Å². The van der Waals surface area contributed by atoms with Gasteiger partial charge in [-0.05, 0) is 31.9 Å². The van der Waals surface area contributed by atoms with Gasteiger partial charge < -0.3 is 15.8 Å². The zero-order valence-corrected chi connectivity index (χ0v) is 11.6. The first-order valence-electron chi connectivity index (χ1n) is 6.81. The predicted molar refractivity (Wildman–Crippen MR) is 76.8 cm³/mol. The van der Waals surface area contributed by atoms with Gasteiger partial charge in [-0.25, -0.2) is 4.98 Å². The van der Waals surface area contributed by atoms with Crippen LogP contribution in [0.4, 0.5) is 5.82 Å². The third kappa shape index (κ3) is 3.16. The van der Waals surface area contributed by atoms with E-state index in [2.05, 4.69) is 22.1 Å². The monoisotopic (exact) mass is 262 g/mol. The van der Waals surface area contributed by atoms with Crippen LogP contribution < -0.4 is 10.6 Å². The summed E-state index contributed by atoms with van der Waals surface area (Å²) in [6.45, 7) is 1.92. The summed E-state index contributed by atoms with van der Waals surface area (Å²) in [4.78, 5) is 6.78. The molecule has 0 aliphatic heterocycles. The van der Waals surface area contributed by atoms with Crippen molar-refractivity contribution in [1.82, 2.24) is 4.98 Å². The van der Waals surface area contributed by atoms with E-state index < -0.39 is 0 Å². The number of rotatable bonds is 3. The van der Waals surface area contributed by atoms with Crippen molar-refractivity contribution in [2.24, 2.45) is 10.9 Å². The lowest BCUT2D eigenvalue weighted by molar-refractivity contribution is 0.318. The Morgan fingerprint density at radius 3 is 2.68 bits per heavy atom. The van der Waals surface area contributed by atoms with Crippen molar-refractivity contribution in [1.29, 1.82) is 0 Å². The van der Waals surface area contributed by atoms with Gasteiger partial charge in [0.15, 0.2) is 5.84 Å². The maximum Gasteiger partial charge on any atom is 0.170 e. The maximum atomic E-state index is 8.79. The summed E-state index contributed by atoms with van der Waals surface area (Å²) in [6.07, 6.45) is 6.33. The molecule has 5 nitrogen and oxygen atoms in total. The number of pyridine rings is 1. The topological polar surface area (TPSA) is 74.7 Å². The molecule has 1 fully saturated rings. The molecule has 19 heavy (non-hydrogen) atoms. The minimum atomic E-state index is 0.129. The summed E-state index contributed by atoms with van der Waals surface area (Å²) in [5, 5.41) is 11.8. The standard InChI is InChI=1S/C14H22N4O/c1-10-8-11(14(15)17-19)9-13(16-10)18(2)12-6-4-3-5-7-12/h8-9,12,19H,3-7H2,1-2H3,(H2,15,17). The first-order valence-corrected chi connectivity index (χ1v) is 6.81. The van der Waals surface area contributed by atoms with E-state index in [1.165, 1.54) is 32.1 Å². The van der Waals surface area contributed by atoms with Gasteiger partial charge in [0, 0.05) is 24.3 Å². The largest absolute Gasteiger partial charge is 0.409 e. The van der Waals surface area contributed by atoms with Crippen LogP contribution in [0.5, 0.6) is 0 Å². The molecule has 0 spiro atoms. The summed E-state index contributed by atoms with van der Waals surface area (Å²) < 4.78 is 0. The van der Waals surface area contributed by atoms with Gasteiger partial charge >= 0.3 is 0 Å². The SMILES string of the molecule is Cc1cc(/C(N)=N/O)cc(N(C)C2CCCCC2)n1. The molecule has 0 amide bonds. The smallest absolute Gasteiger partial charge is 0.170 e. The number of nitrogens with two attached hydrogens (primary N) is 1. The molecule has 1 aliphatic carbocycles. The van der Waals surface area contributed by atoms with Crippen LogP contribution in [-0.2, 0) is 0 Å². The molecular formula is C14H22N4O. The van der Waals surface area contributed by atoms with Crippen LogP contribution in [0.1, 0.15) is 43.4 Å². The molecule has 0 atom stereocenters. The molecule has 1 aromatic heterocycles. The Hall–Kier alpha value is -1.78. The summed E-state index contributed by atoms with van der Waals surface area (Å²) in [7, 11) is 2.08. The highest BCUT2D eigenvalue weighted by molar-refractivity contribution is 5.97. The first-order chi connectivity index (χ1) is 9.11. The van der Waals surface area contributed by atoms with Gasteiger partial charge in [-0.15, -0.1) is 0 Å². The van der Waals surface area contributed by atoms with Crippen molar-refractivity contribution < 1.29 is 5.21 Å². The van der Waals surface area contributed by atoms with Gasteiger partial charge in [-0.3, -0.25) is 0 Å². The van der Waals surface area contributed by atoms with E-state index in [0.29, 0.717) is 11.6 Å². The Kier molecular flexibility index (Phi) is 4.24. The van der Waals surface area contributed by atoms with Crippen molar-refractivity contribution >= 4 is 11.7 Å². The first kappa shape index (κ1) is 13.6. The Labute approximate surface area is 114 Å². The number of hydrogen-bond donors (Lipinski definition) is 2. The van der Waals surface area contributed by atoms with E-state index in [9.17, 15) is 0 Å². The molecule has 104 valence electrons. The van der Waals surface area contributed by atoms with E-state index >= 15 is 0 Å². The normalized spacial score (nSPS) is 17.5. The molecule has 0 saturated heterocycles. The molecule has 5 heteroatoms. The van der Waals surface area contributed by atoms with Crippen LogP contribution in [0.3, 0.4) is 0 Å². The molecule has 0 unspecified atom stereocenters. The van der Waals surface area contributed by atoms with E-state index in [1.54, 1.807) is 0 Å². The van der Waals surface area contributed by atoms with Gasteiger partial charge in [-0.2, -0.15) is 0 Å². The molecule has 2 rings (SSSR count). The minimum absolute atomic E-state index is 0.129. The van der Waals surface area contributed by atoms with Crippen LogP contribution in [0.2, 0.25) is 0 Å². The molecule has 1 saturated carbocycles. The predicted octanol–water partition coefficient (Wildman–Crippen LogP) is 2.25. The quantitative estimate of drug-likeness (QED) is 0.379. The van der Waals surface area contributed by atoms with Gasteiger partial charge in [0.25, 0.3) is 0 Å². The second-order valence-electron chi connectivity index (χ2n) is 5.24. The highest BCUT2D eigenvalue weighted by Crippen LogP contribution is 2.25. The summed E-state index contributed by atoms with van der Waals surface area (Å²) in [5.41, 5.74) is 7.26. The third-order valence-electron chi connectivity index (χ3n) is 3.83. The Morgan fingerprint density at radius 2 is 2.05 bits per heavy atom. The lowest BCUT2D eigenvalue weighted by Gasteiger charge is -2.32. The van der Waals surface area contributed by atoms with Gasteiger partial charge in [0.2, 0.25) is 0 Å². The second-order valence-corrected chi connectivity index (χ2v) is 5.24. The molecule has 1 aliphatic rings. The fraction of sp³-hybridized carbons (Fsp3) is 0.571. The van der Waals surface area contributed by atoms with E-state index in [-0.39, 0.29) is 5.84 Å². The van der Waals surface area contributed by atoms with Crippen LogP contribution in [0.25, 0.3) is 0 Å². The number of aryl methyl sites for hydroxylation is 1. The molecule has 0 radical (unpaired) electrons. The average molecular weight is 262 g/mol. The van der Waals surface area contributed by atoms with Gasteiger partial charge in [0.05, 0.1) is 0 Å². The molecular weight excluding hydrogens is 240 g/mol. The lowest BCUT2D eigenvalue weighted by Crippen LogP contribution is -2.34. The number of aromatic nitrogens is 1. The molecule has 3 N–H and O–H groups in total. The average Bonchev–Trinajstić information content (AvgIpc) is 2.45. The zero-order valence-electron chi connectivity index (χ0n) is 11.6. The Morgan fingerprint density at radius 1 is 1.37 bits per heavy atom. The fourth-order valence-corrected chi connectivity index (χ4v) is 2.69. The summed E-state index contributed by atoms with van der Waals surface area (Å²) in [5.74, 6) is 1.03. The lowest BCUT2D eigenvalue weighted by atomic mass is 9.94. The van der Waals surface area contributed by atoms with Crippen LogP contribution >= 0.6 is 0 Å². The number of hydrogen-bond acceptors (Lipinski definition) is 4. The molecule has 0 bridgehead atoms. The highest BCUT2D eigenvalue weighted by Gasteiger charge is 2.19. The summed E-state index contributed by atoms with van der Waals surface area (Å²) in [6, 6.07) is 4.26. The van der Waals surface area contributed by atoms with Crippen molar-refractivity contribution in [3.8, 4) is 0 Å². The van der Waals surface area contributed by atoms with Crippen molar-refractivity contribution in [3.05, 3.63) is 23.4 Å². The number of nitrogens with zero attached hydrogens (tertiary/aromatic N) is 3. The van der Waals surface area contributed by atoms with Crippen molar-refractivity contribution in [3.63, 3.8) is 0 Å². The zero-order chi connectivity index (χ0) is 13.8. The van der Waals surface area contributed by atoms with Crippen LogP contribution in [0.15, 0.2) is 17.3 Å². The maximum absolute atomic E-state index is 8.79. The van der Waals surface area contributed by atoms with Crippen LogP contribution in [0, 0.1) is 6.92 Å². The van der Waals surface area contributed by atoms with Crippen molar-refractivity contribution in [2.45, 2.75) is 45.1 Å². The number of oxime groups is 1. The van der Waals surface area contributed by atoms with E-state index in [1.807, 2.05) is 19.1 Å². The van der Waals surface area contributed by atoms with Crippen molar-refractivity contribution in [2.75, 3.05) is 11.9 Å². The molecule has 1 aromatic rings. The fourth-order valence-electron chi connectivity index (χ4n) is 2.69. The summed E-state index contributed by atoms with van der Waals surface area (Å²) >= 11 is 0.